The average molecular weight is 597 g/mol. The Kier molecular flexibility index (Phi) is 8.77. The Morgan fingerprint density at radius 1 is 1.23 bits per heavy atom. The molecule has 2 aliphatic heterocycles. The number of anilines is 1. The number of aromatic nitrogens is 3. The smallest absolute Gasteiger partial charge is 0.410 e. The van der Waals surface area contributed by atoms with Gasteiger partial charge in [0.15, 0.2) is 5.82 Å². The van der Waals surface area contributed by atoms with Crippen LogP contribution >= 0.6 is 0 Å². The molecule has 0 unspecified atom stereocenters. The minimum atomic E-state index is -0.739. The molecular formula is C31H41FN6O5. The molecule has 0 spiro atoms. The van der Waals surface area contributed by atoms with Gasteiger partial charge in [-0.25, -0.2) is 19.2 Å². The van der Waals surface area contributed by atoms with Gasteiger partial charge in [0, 0.05) is 37.4 Å². The first-order valence-electron chi connectivity index (χ1n) is 14.9. The van der Waals surface area contributed by atoms with E-state index in [1.54, 1.807) is 18.0 Å². The quantitative estimate of drug-likeness (QED) is 0.421. The van der Waals surface area contributed by atoms with Crippen molar-refractivity contribution in [2.75, 3.05) is 44.8 Å². The number of fused-ring (bicyclic) bond motifs is 1. The van der Waals surface area contributed by atoms with Crippen LogP contribution in [0.4, 0.5) is 15.0 Å². The van der Waals surface area contributed by atoms with Crippen LogP contribution < -0.4 is 15.0 Å². The van der Waals surface area contributed by atoms with E-state index < -0.39 is 29.5 Å². The van der Waals surface area contributed by atoms with Gasteiger partial charge >= 0.3 is 6.09 Å². The summed E-state index contributed by atoms with van der Waals surface area (Å²) in [5.41, 5.74) is 0.291. The second kappa shape index (κ2) is 12.4. The number of nitrogens with zero attached hydrogens (tertiary/aromatic N) is 5. The van der Waals surface area contributed by atoms with E-state index in [1.807, 2.05) is 37.5 Å². The molecule has 43 heavy (non-hydrogen) atoms. The molecule has 2 amide bonds. The van der Waals surface area contributed by atoms with Crippen molar-refractivity contribution in [2.24, 2.45) is 0 Å². The maximum absolute atomic E-state index is 16.0. The molecule has 0 saturated carbocycles. The number of carbonyl (C=O) groups excluding carboxylic acids is 2. The minimum absolute atomic E-state index is 0.00709. The van der Waals surface area contributed by atoms with Crippen LogP contribution in [0.15, 0.2) is 24.4 Å². The zero-order valence-electron chi connectivity index (χ0n) is 25.8. The number of carbonyl (C=O) groups is 2. The van der Waals surface area contributed by atoms with Crippen LogP contribution in [0, 0.1) is 5.82 Å². The topological polar surface area (TPSA) is 111 Å². The van der Waals surface area contributed by atoms with Crippen LogP contribution in [0.2, 0.25) is 0 Å². The average Bonchev–Trinajstić information content (AvgIpc) is 3.57. The van der Waals surface area contributed by atoms with Gasteiger partial charge in [0.05, 0.1) is 38.5 Å². The fourth-order valence-corrected chi connectivity index (χ4v) is 5.71. The van der Waals surface area contributed by atoms with Gasteiger partial charge < -0.3 is 33.9 Å². The molecule has 2 atom stereocenters. The Morgan fingerprint density at radius 3 is 2.65 bits per heavy atom. The number of ether oxygens (including phenoxy) is 3. The van der Waals surface area contributed by atoms with Gasteiger partial charge in [-0.15, -0.1) is 0 Å². The molecule has 2 aromatic heterocycles. The molecule has 11 nitrogen and oxygen atoms in total. The van der Waals surface area contributed by atoms with Crippen LogP contribution in [-0.2, 0) is 16.0 Å². The highest BCUT2D eigenvalue weighted by Crippen LogP contribution is 2.36. The SMILES string of the molecule is CCNC(=O)c1cc(OC)c2c(nc(-c3ccc(N4CCC[C@@H]4C)nc3)n2C[C@@H]2CN(C(=O)OC(C)(C)C)CCO2)c1F. The maximum atomic E-state index is 16.0. The molecule has 2 aliphatic rings. The predicted molar refractivity (Wildman–Crippen MR) is 161 cm³/mol. The van der Waals surface area contributed by atoms with Crippen LogP contribution in [0.3, 0.4) is 0 Å². The summed E-state index contributed by atoms with van der Waals surface area (Å²) in [5.74, 6) is 0.337. The van der Waals surface area contributed by atoms with Crippen LogP contribution in [0.5, 0.6) is 5.75 Å². The Morgan fingerprint density at radius 2 is 2.02 bits per heavy atom. The zero-order valence-corrected chi connectivity index (χ0v) is 25.8. The number of nitrogens with one attached hydrogen (secondary N) is 1. The fourth-order valence-electron chi connectivity index (χ4n) is 5.71. The number of hydrogen-bond acceptors (Lipinski definition) is 8. The Balaban J connectivity index is 1.57. The number of pyridine rings is 1. The first kappa shape index (κ1) is 30.5. The molecule has 0 aliphatic carbocycles. The van der Waals surface area contributed by atoms with Crippen molar-refractivity contribution in [1.29, 1.82) is 0 Å². The number of halogens is 1. The molecule has 232 valence electrons. The number of amides is 2. The fraction of sp³-hybridized carbons (Fsp3) is 0.548. The van der Waals surface area contributed by atoms with E-state index in [4.69, 9.17) is 24.2 Å². The lowest BCUT2D eigenvalue weighted by Gasteiger charge is -2.34. The first-order chi connectivity index (χ1) is 20.5. The normalized spacial score (nSPS) is 19.1. The molecule has 2 saturated heterocycles. The lowest BCUT2D eigenvalue weighted by molar-refractivity contribution is -0.0468. The molecular weight excluding hydrogens is 555 g/mol. The highest BCUT2D eigenvalue weighted by molar-refractivity contribution is 6.00. The Hall–Kier alpha value is -3.93. The van der Waals surface area contributed by atoms with Gasteiger partial charge in [-0.1, -0.05) is 0 Å². The molecule has 3 aromatic rings. The first-order valence-corrected chi connectivity index (χ1v) is 14.9. The second-order valence-electron chi connectivity index (χ2n) is 12.1. The van der Waals surface area contributed by atoms with Crippen molar-refractivity contribution in [3.8, 4) is 17.1 Å². The van der Waals surface area contributed by atoms with E-state index in [1.165, 1.54) is 13.2 Å². The molecule has 1 aromatic carbocycles. The van der Waals surface area contributed by atoms with Crippen LogP contribution in [0.25, 0.3) is 22.4 Å². The van der Waals surface area contributed by atoms with E-state index in [2.05, 4.69) is 17.1 Å². The van der Waals surface area contributed by atoms with Gasteiger partial charge in [-0.3, -0.25) is 4.79 Å². The van der Waals surface area contributed by atoms with Gasteiger partial charge in [-0.2, -0.15) is 0 Å². The summed E-state index contributed by atoms with van der Waals surface area (Å²) in [6, 6.07) is 5.69. The molecule has 0 bridgehead atoms. The summed E-state index contributed by atoms with van der Waals surface area (Å²) in [5, 5.41) is 2.65. The second-order valence-corrected chi connectivity index (χ2v) is 12.1. The number of rotatable bonds is 7. The lowest BCUT2D eigenvalue weighted by Crippen LogP contribution is -2.48. The zero-order chi connectivity index (χ0) is 30.9. The summed E-state index contributed by atoms with van der Waals surface area (Å²) < 4.78 is 35.2. The minimum Gasteiger partial charge on any atom is -0.494 e. The monoisotopic (exact) mass is 596 g/mol. The summed E-state index contributed by atoms with van der Waals surface area (Å²) in [7, 11) is 1.47. The molecule has 5 rings (SSSR count). The van der Waals surface area contributed by atoms with Gasteiger partial charge in [-0.05, 0) is 65.7 Å². The number of methoxy groups -OCH3 is 1. The van der Waals surface area contributed by atoms with Crippen LogP contribution in [-0.4, -0.2) is 89.1 Å². The number of imidazole rings is 1. The van der Waals surface area contributed by atoms with E-state index in [-0.39, 0.29) is 24.2 Å². The standard InChI is InChI=1S/C31H41FN6O5/c1-7-33-29(39)22-15-23(41-6)27-26(25(22)32)35-28(20-10-11-24(34-16-20)37-12-8-9-19(37)2)38(27)18-21-17-36(13-14-42-21)30(40)43-31(3,4)5/h10-11,15-16,19,21H,7-9,12-14,17-18H2,1-6H3,(H,33,39)/t19-,21-/m0/s1. The van der Waals surface area contributed by atoms with Crippen molar-refractivity contribution in [3.63, 3.8) is 0 Å². The largest absolute Gasteiger partial charge is 0.494 e. The Labute approximate surface area is 251 Å². The van der Waals surface area contributed by atoms with E-state index >= 15 is 4.39 Å². The van der Waals surface area contributed by atoms with E-state index in [0.717, 1.165) is 25.2 Å². The van der Waals surface area contributed by atoms with Crippen LogP contribution in [0.1, 0.15) is 57.8 Å². The van der Waals surface area contributed by atoms with E-state index in [0.29, 0.717) is 48.4 Å². The maximum Gasteiger partial charge on any atom is 0.410 e. The summed E-state index contributed by atoms with van der Waals surface area (Å²) in [6.45, 7) is 12.0. The molecule has 1 N–H and O–H groups in total. The third kappa shape index (κ3) is 6.39. The van der Waals surface area contributed by atoms with Crippen molar-refractivity contribution >= 4 is 28.9 Å². The van der Waals surface area contributed by atoms with Gasteiger partial charge in [0.25, 0.3) is 5.91 Å². The number of benzene rings is 1. The molecule has 4 heterocycles. The Bertz CT molecular complexity index is 1480. The predicted octanol–water partition coefficient (Wildman–Crippen LogP) is 4.62. The van der Waals surface area contributed by atoms with Crippen molar-refractivity contribution in [3.05, 3.63) is 35.8 Å². The molecule has 0 radical (unpaired) electrons. The van der Waals surface area contributed by atoms with Gasteiger partial charge in [0.2, 0.25) is 0 Å². The number of hydrogen-bond donors (Lipinski definition) is 1. The highest BCUT2D eigenvalue weighted by atomic mass is 19.1. The summed E-state index contributed by atoms with van der Waals surface area (Å²) in [4.78, 5) is 38.9. The van der Waals surface area contributed by atoms with Crippen molar-refractivity contribution in [2.45, 2.75) is 71.8 Å². The lowest BCUT2D eigenvalue weighted by atomic mass is 10.1. The highest BCUT2D eigenvalue weighted by Gasteiger charge is 2.31. The van der Waals surface area contributed by atoms with E-state index in [9.17, 15) is 9.59 Å². The summed E-state index contributed by atoms with van der Waals surface area (Å²) in [6.07, 6.45) is 3.12. The van der Waals surface area contributed by atoms with Gasteiger partial charge in [0.1, 0.15) is 34.0 Å². The third-order valence-corrected chi connectivity index (χ3v) is 7.75. The third-order valence-electron chi connectivity index (χ3n) is 7.75. The summed E-state index contributed by atoms with van der Waals surface area (Å²) >= 11 is 0. The van der Waals surface area contributed by atoms with Crippen molar-refractivity contribution < 1.29 is 28.2 Å². The number of morpholine rings is 1. The van der Waals surface area contributed by atoms with Crippen molar-refractivity contribution in [1.82, 2.24) is 24.8 Å². The molecule has 12 heteroatoms. The molecule has 2 fully saturated rings.